The van der Waals surface area contributed by atoms with Gasteiger partial charge in [0.15, 0.2) is 16.4 Å². The van der Waals surface area contributed by atoms with Crippen LogP contribution in [0.1, 0.15) is 10.1 Å². The molecule has 1 aromatic heterocycles. The van der Waals surface area contributed by atoms with Gasteiger partial charge in [0.05, 0.1) is 12.0 Å². The minimum Gasteiger partial charge on any atom is -0.497 e. The summed E-state index contributed by atoms with van der Waals surface area (Å²) in [6.07, 6.45) is 0. The number of carbonyl (C=O) groups excluding carboxylic acids is 1. The van der Waals surface area contributed by atoms with Crippen LogP contribution >= 0.6 is 11.3 Å². The second-order valence-electron chi connectivity index (χ2n) is 6.27. The largest absolute Gasteiger partial charge is 0.497 e. The van der Waals surface area contributed by atoms with Crippen LogP contribution in [0.25, 0.3) is 0 Å². The summed E-state index contributed by atoms with van der Waals surface area (Å²) in [4.78, 5) is 12.9. The van der Waals surface area contributed by atoms with Gasteiger partial charge in [-0.3, -0.25) is 4.79 Å². The highest BCUT2D eigenvalue weighted by Crippen LogP contribution is 2.32. The molecule has 3 aromatic rings. The first kappa shape index (κ1) is 21.8. The van der Waals surface area contributed by atoms with E-state index < -0.39 is 26.8 Å². The van der Waals surface area contributed by atoms with Gasteiger partial charge < -0.3 is 14.8 Å². The van der Waals surface area contributed by atoms with Crippen molar-refractivity contribution in [3.63, 3.8) is 0 Å². The van der Waals surface area contributed by atoms with Crippen LogP contribution in [0, 0.1) is 5.82 Å². The summed E-state index contributed by atoms with van der Waals surface area (Å²) < 4.78 is 49.7. The summed E-state index contributed by atoms with van der Waals surface area (Å²) in [6.45, 7) is -0.425. The molecule has 0 bridgehead atoms. The molecule has 6 nitrogen and oxygen atoms in total. The molecule has 9 heteroatoms. The van der Waals surface area contributed by atoms with E-state index in [0.717, 1.165) is 0 Å². The summed E-state index contributed by atoms with van der Waals surface area (Å²) in [5.74, 6) is 0.000205. The van der Waals surface area contributed by atoms with E-state index in [1.54, 1.807) is 29.6 Å². The first-order chi connectivity index (χ1) is 14.4. The summed E-state index contributed by atoms with van der Waals surface area (Å²) in [5, 5.41) is 3.46. The molecule has 1 N–H and O–H groups in total. The first-order valence-corrected chi connectivity index (χ1v) is 11.4. The van der Waals surface area contributed by atoms with Crippen LogP contribution in [0.5, 0.6) is 11.5 Å². The van der Waals surface area contributed by atoms with Crippen LogP contribution in [-0.2, 0) is 14.6 Å². The summed E-state index contributed by atoms with van der Waals surface area (Å²) in [6, 6.07) is 14.9. The molecular formula is C21H20FNO5S2. The van der Waals surface area contributed by atoms with E-state index in [1.165, 1.54) is 54.8 Å². The van der Waals surface area contributed by atoms with Crippen LogP contribution in [-0.4, -0.2) is 34.6 Å². The van der Waals surface area contributed by atoms with E-state index in [0.29, 0.717) is 16.4 Å². The Bertz CT molecular complexity index is 1070. The van der Waals surface area contributed by atoms with Gasteiger partial charge in [-0.2, -0.15) is 0 Å². The highest BCUT2D eigenvalue weighted by Gasteiger charge is 2.30. The molecular weight excluding hydrogens is 429 g/mol. The Balaban J connectivity index is 1.69. The van der Waals surface area contributed by atoms with Gasteiger partial charge in [0.25, 0.3) is 5.91 Å². The monoisotopic (exact) mass is 449 g/mol. The highest BCUT2D eigenvalue weighted by molar-refractivity contribution is 7.91. The molecule has 0 radical (unpaired) electrons. The van der Waals surface area contributed by atoms with Crippen LogP contribution in [0.15, 0.2) is 70.9 Å². The average molecular weight is 450 g/mol. The maximum Gasteiger partial charge on any atom is 0.257 e. The lowest BCUT2D eigenvalue weighted by Gasteiger charge is -2.18. The second kappa shape index (κ2) is 9.73. The summed E-state index contributed by atoms with van der Waals surface area (Å²) in [7, 11) is -2.26. The highest BCUT2D eigenvalue weighted by atomic mass is 32.2. The third kappa shape index (κ3) is 5.37. The van der Waals surface area contributed by atoms with Crippen molar-refractivity contribution in [2.45, 2.75) is 10.1 Å². The van der Waals surface area contributed by atoms with Gasteiger partial charge in [-0.15, -0.1) is 11.3 Å². The normalized spacial score (nSPS) is 12.2. The van der Waals surface area contributed by atoms with Crippen molar-refractivity contribution >= 4 is 27.1 Å². The van der Waals surface area contributed by atoms with E-state index in [9.17, 15) is 17.6 Å². The molecule has 0 fully saturated rings. The predicted octanol–water partition coefficient (Wildman–Crippen LogP) is 3.61. The van der Waals surface area contributed by atoms with E-state index in [4.69, 9.17) is 9.47 Å². The Kier molecular flexibility index (Phi) is 7.07. The Morgan fingerprint density at radius 1 is 1.07 bits per heavy atom. The molecule has 0 saturated carbocycles. The number of hydrogen-bond donors (Lipinski definition) is 1. The third-order valence-electron chi connectivity index (χ3n) is 4.29. The smallest absolute Gasteiger partial charge is 0.257 e. The van der Waals surface area contributed by atoms with Gasteiger partial charge in [0.1, 0.15) is 22.6 Å². The Hall–Kier alpha value is -2.91. The molecule has 3 rings (SSSR count). The number of methoxy groups -OCH3 is 1. The van der Waals surface area contributed by atoms with Gasteiger partial charge in [0.2, 0.25) is 0 Å². The van der Waals surface area contributed by atoms with Gasteiger partial charge in [-0.1, -0.05) is 6.07 Å². The van der Waals surface area contributed by atoms with Crippen molar-refractivity contribution in [2.24, 2.45) is 0 Å². The lowest BCUT2D eigenvalue weighted by molar-refractivity contribution is -0.123. The fourth-order valence-electron chi connectivity index (χ4n) is 2.70. The third-order valence-corrected chi connectivity index (χ3v) is 7.53. The number of benzene rings is 2. The Labute approximate surface area is 178 Å². The van der Waals surface area contributed by atoms with Crippen molar-refractivity contribution < 1.29 is 27.1 Å². The molecule has 0 aliphatic rings. The SMILES string of the molecule is COc1ccc(S(=O)(=O)[C@H](CNC(=O)COc2ccc(F)cc2)c2cccs2)cc1. The van der Waals surface area contributed by atoms with Crippen molar-refractivity contribution in [3.05, 3.63) is 76.7 Å². The molecule has 0 aliphatic heterocycles. The average Bonchev–Trinajstić information content (AvgIpc) is 3.27. The lowest BCUT2D eigenvalue weighted by atomic mass is 10.3. The Morgan fingerprint density at radius 2 is 1.73 bits per heavy atom. The van der Waals surface area contributed by atoms with Crippen molar-refractivity contribution in [3.8, 4) is 11.5 Å². The van der Waals surface area contributed by atoms with E-state index in [1.807, 2.05) is 0 Å². The van der Waals surface area contributed by atoms with Crippen LogP contribution in [0.2, 0.25) is 0 Å². The molecule has 1 amide bonds. The minimum absolute atomic E-state index is 0.111. The number of ether oxygens (including phenoxy) is 2. The van der Waals surface area contributed by atoms with Gasteiger partial charge in [0, 0.05) is 11.4 Å². The molecule has 158 valence electrons. The molecule has 0 saturated heterocycles. The van der Waals surface area contributed by atoms with Crippen molar-refractivity contribution in [2.75, 3.05) is 20.3 Å². The first-order valence-electron chi connectivity index (χ1n) is 8.96. The van der Waals surface area contributed by atoms with Crippen LogP contribution < -0.4 is 14.8 Å². The van der Waals surface area contributed by atoms with Gasteiger partial charge >= 0.3 is 0 Å². The quantitative estimate of drug-likeness (QED) is 0.540. The van der Waals surface area contributed by atoms with Crippen LogP contribution in [0.4, 0.5) is 4.39 Å². The molecule has 0 aliphatic carbocycles. The van der Waals surface area contributed by atoms with E-state index in [2.05, 4.69) is 5.32 Å². The number of carbonyl (C=O) groups is 1. The number of halogens is 1. The molecule has 2 aromatic carbocycles. The molecule has 1 atom stereocenters. The summed E-state index contributed by atoms with van der Waals surface area (Å²) >= 11 is 1.30. The van der Waals surface area contributed by atoms with E-state index in [-0.39, 0.29) is 18.0 Å². The number of nitrogens with one attached hydrogen (secondary N) is 1. The number of sulfone groups is 1. The maximum absolute atomic E-state index is 13.2. The topological polar surface area (TPSA) is 81.7 Å². The number of rotatable bonds is 9. The van der Waals surface area contributed by atoms with Crippen LogP contribution in [0.3, 0.4) is 0 Å². The zero-order valence-corrected chi connectivity index (χ0v) is 17.7. The molecule has 30 heavy (non-hydrogen) atoms. The number of hydrogen-bond acceptors (Lipinski definition) is 6. The van der Waals surface area contributed by atoms with Gasteiger partial charge in [-0.05, 0) is 60.0 Å². The zero-order valence-electron chi connectivity index (χ0n) is 16.1. The molecule has 0 unspecified atom stereocenters. The lowest BCUT2D eigenvalue weighted by Crippen LogP contribution is -2.34. The maximum atomic E-state index is 13.2. The molecule has 0 spiro atoms. The second-order valence-corrected chi connectivity index (χ2v) is 9.38. The molecule has 1 heterocycles. The predicted molar refractivity (Wildman–Crippen MR) is 112 cm³/mol. The number of amides is 1. The Morgan fingerprint density at radius 3 is 2.33 bits per heavy atom. The van der Waals surface area contributed by atoms with Crippen molar-refractivity contribution in [1.29, 1.82) is 0 Å². The number of thiophene rings is 1. The fourth-order valence-corrected chi connectivity index (χ4v) is 5.49. The zero-order chi connectivity index (χ0) is 21.6. The van der Waals surface area contributed by atoms with Crippen molar-refractivity contribution in [1.82, 2.24) is 5.32 Å². The minimum atomic E-state index is -3.76. The summed E-state index contributed by atoms with van der Waals surface area (Å²) in [5.41, 5.74) is 0. The van der Waals surface area contributed by atoms with E-state index >= 15 is 0 Å². The fraction of sp³-hybridized carbons (Fsp3) is 0.190. The standard InChI is InChI=1S/C21H20FNO5S2/c1-27-16-8-10-18(11-9-16)30(25,26)20(19-3-2-12-29-19)13-23-21(24)14-28-17-6-4-15(22)5-7-17/h2-12,20H,13-14H2,1H3,(H,23,24)/t20-/m1/s1. The van der Waals surface area contributed by atoms with Gasteiger partial charge in [-0.25, -0.2) is 12.8 Å².